The molecule has 3 atom stereocenters. The van der Waals surface area contributed by atoms with E-state index in [-0.39, 0.29) is 29.3 Å². The molecule has 1 fully saturated rings. The molecule has 1 aliphatic rings. The van der Waals surface area contributed by atoms with Gasteiger partial charge in [-0.05, 0) is 66.5 Å². The van der Waals surface area contributed by atoms with Crippen LogP contribution in [-0.4, -0.2) is 20.6 Å². The van der Waals surface area contributed by atoms with E-state index in [1.54, 1.807) is 39.8 Å². The lowest BCUT2D eigenvalue weighted by atomic mass is 9.85. The van der Waals surface area contributed by atoms with E-state index in [1.165, 1.54) is 12.1 Å². The van der Waals surface area contributed by atoms with Crippen LogP contribution in [-0.2, 0) is 20.2 Å². The third-order valence-electron chi connectivity index (χ3n) is 5.77. The predicted molar refractivity (Wildman–Crippen MR) is 122 cm³/mol. The Morgan fingerprint density at radius 2 is 1.72 bits per heavy atom. The van der Waals surface area contributed by atoms with Gasteiger partial charge in [0.05, 0.1) is 18.0 Å². The fraction of sp³-hybridized carbons (Fsp3) is 0.458. The highest BCUT2D eigenvalue weighted by Gasteiger charge is 2.45. The van der Waals surface area contributed by atoms with E-state index in [4.69, 9.17) is 0 Å². The number of amides is 1. The van der Waals surface area contributed by atoms with Crippen LogP contribution >= 0.6 is 0 Å². The highest BCUT2D eigenvalue weighted by Crippen LogP contribution is 2.48. The van der Waals surface area contributed by atoms with Gasteiger partial charge in [-0.1, -0.05) is 32.9 Å². The summed E-state index contributed by atoms with van der Waals surface area (Å²) in [6, 6.07) is 7.64. The average Bonchev–Trinajstić information content (AvgIpc) is 3.41. The molecule has 1 amide bonds. The number of hydrogen-bond donors (Lipinski definition) is 2. The number of anilines is 1. The molecule has 0 saturated heterocycles. The minimum Gasteiger partial charge on any atom is -0.349 e. The van der Waals surface area contributed by atoms with Crippen LogP contribution in [0.25, 0.3) is 0 Å². The van der Waals surface area contributed by atoms with Crippen LogP contribution < -0.4 is 10.0 Å². The second kappa shape index (κ2) is 8.46. The van der Waals surface area contributed by atoms with Crippen molar-refractivity contribution in [3.05, 3.63) is 64.2 Å². The molecule has 174 valence electrons. The Bertz CT molecular complexity index is 1130. The van der Waals surface area contributed by atoms with Crippen LogP contribution in [0.5, 0.6) is 0 Å². The SMILES string of the molecule is Cc1cc(C(C)NC(=O)[C@@H]2CC2c2cc(F)c(C(C)(C)C)c(F)c2)ccc1NS(C)(=O)=O. The summed E-state index contributed by atoms with van der Waals surface area (Å²) in [5.41, 5.74) is 1.97. The molecule has 0 aromatic heterocycles. The molecule has 32 heavy (non-hydrogen) atoms. The van der Waals surface area contributed by atoms with Gasteiger partial charge in [-0.15, -0.1) is 0 Å². The zero-order valence-corrected chi connectivity index (χ0v) is 20.0. The van der Waals surface area contributed by atoms with Gasteiger partial charge in [0.15, 0.2) is 0 Å². The Balaban J connectivity index is 1.67. The van der Waals surface area contributed by atoms with Crippen LogP contribution in [0.3, 0.4) is 0 Å². The van der Waals surface area contributed by atoms with Gasteiger partial charge in [0.2, 0.25) is 15.9 Å². The third-order valence-corrected chi connectivity index (χ3v) is 6.37. The average molecular weight is 465 g/mol. The van der Waals surface area contributed by atoms with Crippen molar-refractivity contribution in [3.63, 3.8) is 0 Å². The number of halogens is 2. The van der Waals surface area contributed by atoms with Gasteiger partial charge in [0.1, 0.15) is 11.6 Å². The zero-order chi connectivity index (χ0) is 24.0. The summed E-state index contributed by atoms with van der Waals surface area (Å²) in [5, 5.41) is 2.95. The van der Waals surface area contributed by atoms with Gasteiger partial charge in [-0.25, -0.2) is 17.2 Å². The first-order valence-corrected chi connectivity index (χ1v) is 12.4. The van der Waals surface area contributed by atoms with Crippen molar-refractivity contribution in [2.75, 3.05) is 11.0 Å². The van der Waals surface area contributed by atoms with E-state index in [1.807, 2.05) is 13.0 Å². The molecule has 0 spiro atoms. The maximum absolute atomic E-state index is 14.5. The number of nitrogens with one attached hydrogen (secondary N) is 2. The molecule has 8 heteroatoms. The molecule has 2 unspecified atom stereocenters. The quantitative estimate of drug-likeness (QED) is 0.637. The topological polar surface area (TPSA) is 75.3 Å². The summed E-state index contributed by atoms with van der Waals surface area (Å²) < 4.78 is 54.4. The number of sulfonamides is 1. The monoisotopic (exact) mass is 464 g/mol. The normalized spacial score (nSPS) is 19.4. The molecular weight excluding hydrogens is 434 g/mol. The lowest BCUT2D eigenvalue weighted by Crippen LogP contribution is -2.28. The van der Waals surface area contributed by atoms with Crippen molar-refractivity contribution in [1.82, 2.24) is 5.32 Å². The summed E-state index contributed by atoms with van der Waals surface area (Å²) in [4.78, 5) is 12.7. The summed E-state index contributed by atoms with van der Waals surface area (Å²) in [6.45, 7) is 8.90. The number of carbonyl (C=O) groups excluding carboxylic acids is 1. The summed E-state index contributed by atoms with van der Waals surface area (Å²) >= 11 is 0. The van der Waals surface area contributed by atoms with Gasteiger partial charge in [0, 0.05) is 11.5 Å². The van der Waals surface area contributed by atoms with E-state index in [9.17, 15) is 22.0 Å². The van der Waals surface area contributed by atoms with Crippen molar-refractivity contribution >= 4 is 21.6 Å². The molecule has 2 aromatic rings. The van der Waals surface area contributed by atoms with Crippen molar-refractivity contribution in [2.24, 2.45) is 5.92 Å². The lowest BCUT2D eigenvalue weighted by Gasteiger charge is -2.21. The van der Waals surface area contributed by atoms with Crippen molar-refractivity contribution in [2.45, 2.75) is 58.4 Å². The van der Waals surface area contributed by atoms with Gasteiger partial charge in [0.25, 0.3) is 0 Å². The summed E-state index contributed by atoms with van der Waals surface area (Å²) in [7, 11) is -3.38. The molecule has 0 heterocycles. The zero-order valence-electron chi connectivity index (χ0n) is 19.2. The highest BCUT2D eigenvalue weighted by atomic mass is 32.2. The molecule has 1 aliphatic carbocycles. The summed E-state index contributed by atoms with van der Waals surface area (Å²) in [6.07, 6.45) is 1.63. The van der Waals surface area contributed by atoms with E-state index in [0.29, 0.717) is 17.7 Å². The van der Waals surface area contributed by atoms with E-state index in [2.05, 4.69) is 10.0 Å². The van der Waals surface area contributed by atoms with E-state index >= 15 is 0 Å². The Hall–Kier alpha value is -2.48. The number of benzene rings is 2. The van der Waals surface area contributed by atoms with Crippen LogP contribution in [0.15, 0.2) is 30.3 Å². The minimum atomic E-state index is -3.38. The van der Waals surface area contributed by atoms with Crippen LogP contribution in [0.2, 0.25) is 0 Å². The van der Waals surface area contributed by atoms with Gasteiger partial charge in [-0.2, -0.15) is 0 Å². The number of carbonyl (C=O) groups is 1. The van der Waals surface area contributed by atoms with Crippen molar-refractivity contribution < 1.29 is 22.0 Å². The Morgan fingerprint density at radius 3 is 2.22 bits per heavy atom. The first kappa shape index (κ1) is 24.2. The molecule has 2 aromatic carbocycles. The Morgan fingerprint density at radius 1 is 1.12 bits per heavy atom. The number of hydrogen-bond acceptors (Lipinski definition) is 3. The third kappa shape index (κ3) is 5.46. The molecule has 5 nitrogen and oxygen atoms in total. The molecule has 0 aliphatic heterocycles. The predicted octanol–water partition coefficient (Wildman–Crippen LogP) is 4.92. The van der Waals surface area contributed by atoms with Crippen LogP contribution in [0.1, 0.15) is 68.3 Å². The summed E-state index contributed by atoms with van der Waals surface area (Å²) in [5.74, 6) is -1.86. The van der Waals surface area contributed by atoms with Gasteiger partial charge < -0.3 is 5.32 Å². The standard InChI is InChI=1S/C24H30F2N2O3S/c1-13-9-15(7-8-21(13)28-32(6,30)31)14(2)27-23(29)18-12-17(18)16-10-19(25)22(20(26)11-16)24(3,4)5/h7-11,14,17-18,28H,12H2,1-6H3,(H,27,29)/t14?,17?,18-/m1/s1. The smallest absolute Gasteiger partial charge is 0.229 e. The lowest BCUT2D eigenvalue weighted by molar-refractivity contribution is -0.123. The molecule has 2 N–H and O–H groups in total. The fourth-order valence-electron chi connectivity index (χ4n) is 4.05. The van der Waals surface area contributed by atoms with E-state index in [0.717, 1.165) is 17.4 Å². The molecule has 0 bridgehead atoms. The van der Waals surface area contributed by atoms with E-state index < -0.39 is 27.1 Å². The maximum atomic E-state index is 14.5. The molecule has 0 radical (unpaired) electrons. The van der Waals surface area contributed by atoms with Gasteiger partial charge in [-0.3, -0.25) is 9.52 Å². The molecule has 1 saturated carbocycles. The molecular formula is C24H30F2N2O3S. The first-order chi connectivity index (χ1) is 14.7. The Labute approximate surface area is 188 Å². The second-order valence-corrected chi connectivity index (χ2v) is 11.5. The van der Waals surface area contributed by atoms with Crippen molar-refractivity contribution in [3.8, 4) is 0 Å². The van der Waals surface area contributed by atoms with Crippen LogP contribution in [0, 0.1) is 24.5 Å². The highest BCUT2D eigenvalue weighted by molar-refractivity contribution is 7.92. The Kier molecular flexibility index (Phi) is 6.39. The maximum Gasteiger partial charge on any atom is 0.229 e. The first-order valence-electron chi connectivity index (χ1n) is 10.6. The van der Waals surface area contributed by atoms with Crippen LogP contribution in [0.4, 0.5) is 14.5 Å². The minimum absolute atomic E-state index is 0.0562. The number of aryl methyl sites for hydroxylation is 1. The fourth-order valence-corrected chi connectivity index (χ4v) is 4.68. The van der Waals surface area contributed by atoms with Gasteiger partial charge >= 0.3 is 0 Å². The largest absolute Gasteiger partial charge is 0.349 e. The molecule has 3 rings (SSSR count). The van der Waals surface area contributed by atoms with Crippen molar-refractivity contribution in [1.29, 1.82) is 0 Å². The second-order valence-electron chi connectivity index (χ2n) is 9.74. The number of rotatable bonds is 6.